The SMILES string of the molecule is CC(C)(C)c1ccc(C(=O)NC(=S)Nc2ccnc(Cl)c2)cc1. The van der Waals surface area contributed by atoms with Gasteiger partial charge in [-0.05, 0) is 47.5 Å². The van der Waals surface area contributed by atoms with Gasteiger partial charge >= 0.3 is 0 Å². The first-order chi connectivity index (χ1) is 10.8. The number of hydrogen-bond acceptors (Lipinski definition) is 3. The molecular formula is C17H18ClN3OS. The van der Waals surface area contributed by atoms with Crippen molar-refractivity contribution in [3.05, 3.63) is 58.9 Å². The minimum absolute atomic E-state index is 0.0481. The predicted molar refractivity (Wildman–Crippen MR) is 98.1 cm³/mol. The van der Waals surface area contributed by atoms with Crippen molar-refractivity contribution in [3.8, 4) is 0 Å². The summed E-state index contributed by atoms with van der Waals surface area (Å²) in [4.78, 5) is 16.1. The molecule has 0 aliphatic carbocycles. The summed E-state index contributed by atoms with van der Waals surface area (Å²) in [5.41, 5.74) is 2.43. The second kappa shape index (κ2) is 7.06. The van der Waals surface area contributed by atoms with E-state index in [0.717, 1.165) is 0 Å². The third-order valence-corrected chi connectivity index (χ3v) is 3.64. The van der Waals surface area contributed by atoms with Crippen molar-refractivity contribution < 1.29 is 4.79 Å². The van der Waals surface area contributed by atoms with Crippen LogP contribution in [0, 0.1) is 0 Å². The number of carbonyl (C=O) groups is 1. The first-order valence-electron chi connectivity index (χ1n) is 7.10. The van der Waals surface area contributed by atoms with Crippen molar-refractivity contribution >= 4 is 40.5 Å². The fraction of sp³-hybridized carbons (Fsp3) is 0.235. The quantitative estimate of drug-likeness (QED) is 0.632. The molecule has 0 saturated carbocycles. The Bertz CT molecular complexity index is 723. The summed E-state index contributed by atoms with van der Waals surface area (Å²) in [6.07, 6.45) is 1.56. The number of rotatable bonds is 2. The molecule has 1 aromatic heterocycles. The number of benzene rings is 1. The van der Waals surface area contributed by atoms with Crippen molar-refractivity contribution in [1.29, 1.82) is 0 Å². The maximum absolute atomic E-state index is 12.2. The van der Waals surface area contributed by atoms with E-state index in [1.807, 2.05) is 12.1 Å². The highest BCUT2D eigenvalue weighted by Gasteiger charge is 2.14. The summed E-state index contributed by atoms with van der Waals surface area (Å²) < 4.78 is 0. The third-order valence-electron chi connectivity index (χ3n) is 3.22. The number of nitrogens with zero attached hydrogens (tertiary/aromatic N) is 1. The summed E-state index contributed by atoms with van der Waals surface area (Å²) in [7, 11) is 0. The number of thiocarbonyl (C=S) groups is 1. The second-order valence-corrected chi connectivity index (χ2v) is 6.90. The summed E-state index contributed by atoms with van der Waals surface area (Å²) in [5.74, 6) is -0.261. The number of hydrogen-bond donors (Lipinski definition) is 2. The maximum atomic E-state index is 12.2. The molecule has 0 unspecified atom stereocenters. The molecule has 0 bridgehead atoms. The zero-order valence-electron chi connectivity index (χ0n) is 13.2. The smallest absolute Gasteiger partial charge is 0.257 e. The average molecular weight is 348 g/mol. The zero-order valence-corrected chi connectivity index (χ0v) is 14.8. The Balaban J connectivity index is 2.00. The molecule has 1 amide bonds. The normalized spacial score (nSPS) is 11.0. The fourth-order valence-electron chi connectivity index (χ4n) is 1.94. The maximum Gasteiger partial charge on any atom is 0.257 e. The van der Waals surface area contributed by atoms with Gasteiger partial charge in [0.1, 0.15) is 5.15 Å². The molecule has 2 aromatic rings. The minimum atomic E-state index is -0.261. The highest BCUT2D eigenvalue weighted by Crippen LogP contribution is 2.22. The third kappa shape index (κ3) is 5.01. The first-order valence-corrected chi connectivity index (χ1v) is 7.89. The van der Waals surface area contributed by atoms with Crippen LogP contribution in [0.5, 0.6) is 0 Å². The largest absolute Gasteiger partial charge is 0.332 e. The lowest BCUT2D eigenvalue weighted by atomic mass is 9.87. The van der Waals surface area contributed by atoms with E-state index in [0.29, 0.717) is 16.4 Å². The van der Waals surface area contributed by atoms with Gasteiger partial charge in [0.25, 0.3) is 5.91 Å². The molecule has 0 fully saturated rings. The number of anilines is 1. The number of halogens is 1. The molecule has 1 heterocycles. The van der Waals surface area contributed by atoms with Crippen LogP contribution in [0.15, 0.2) is 42.6 Å². The number of pyridine rings is 1. The van der Waals surface area contributed by atoms with Crippen LogP contribution < -0.4 is 10.6 Å². The molecule has 0 saturated heterocycles. The van der Waals surface area contributed by atoms with E-state index in [9.17, 15) is 4.79 Å². The van der Waals surface area contributed by atoms with Gasteiger partial charge in [-0.1, -0.05) is 44.5 Å². The van der Waals surface area contributed by atoms with Gasteiger partial charge in [0.15, 0.2) is 5.11 Å². The Labute approximate surface area is 146 Å². The minimum Gasteiger partial charge on any atom is -0.332 e. The summed E-state index contributed by atoms with van der Waals surface area (Å²) in [6.45, 7) is 6.38. The molecule has 0 aliphatic rings. The van der Waals surface area contributed by atoms with E-state index >= 15 is 0 Å². The lowest BCUT2D eigenvalue weighted by Crippen LogP contribution is -2.34. The number of nitrogens with one attached hydrogen (secondary N) is 2. The van der Waals surface area contributed by atoms with Gasteiger partial charge in [0, 0.05) is 17.4 Å². The Morgan fingerprint density at radius 3 is 2.39 bits per heavy atom. The van der Waals surface area contributed by atoms with Crippen LogP contribution in [0.25, 0.3) is 0 Å². The summed E-state index contributed by atoms with van der Waals surface area (Å²) >= 11 is 10.9. The van der Waals surface area contributed by atoms with Crippen LogP contribution in [0.2, 0.25) is 5.15 Å². The van der Waals surface area contributed by atoms with Crippen LogP contribution in [-0.4, -0.2) is 16.0 Å². The van der Waals surface area contributed by atoms with Crippen molar-refractivity contribution in [2.75, 3.05) is 5.32 Å². The topological polar surface area (TPSA) is 54.0 Å². The summed E-state index contributed by atoms with van der Waals surface area (Å²) in [6, 6.07) is 10.8. The van der Waals surface area contributed by atoms with Crippen molar-refractivity contribution in [1.82, 2.24) is 10.3 Å². The molecule has 0 radical (unpaired) electrons. The van der Waals surface area contributed by atoms with Crippen molar-refractivity contribution in [2.45, 2.75) is 26.2 Å². The van der Waals surface area contributed by atoms with Gasteiger partial charge in [0.05, 0.1) is 0 Å². The molecule has 120 valence electrons. The van der Waals surface area contributed by atoms with E-state index in [4.69, 9.17) is 23.8 Å². The Morgan fingerprint density at radius 2 is 1.83 bits per heavy atom. The number of aromatic nitrogens is 1. The molecule has 1 aromatic carbocycles. The number of carbonyl (C=O) groups excluding carboxylic acids is 1. The van der Waals surface area contributed by atoms with Crippen LogP contribution in [0.3, 0.4) is 0 Å². The van der Waals surface area contributed by atoms with Gasteiger partial charge in [-0.3, -0.25) is 10.1 Å². The standard InChI is InChI=1S/C17H18ClN3OS/c1-17(2,3)12-6-4-11(5-7-12)15(22)21-16(23)20-13-8-9-19-14(18)10-13/h4-10H,1-3H3,(H2,19,20,21,22,23). The van der Waals surface area contributed by atoms with Crippen LogP contribution in [0.4, 0.5) is 5.69 Å². The Hall–Kier alpha value is -1.98. The predicted octanol–water partition coefficient (Wildman–Crippen LogP) is 4.16. The molecule has 0 atom stereocenters. The van der Waals surface area contributed by atoms with Crippen molar-refractivity contribution in [3.63, 3.8) is 0 Å². The first kappa shape index (κ1) is 17.4. The number of amides is 1. The molecule has 6 heteroatoms. The lowest BCUT2D eigenvalue weighted by molar-refractivity contribution is 0.0977. The van der Waals surface area contributed by atoms with Crippen LogP contribution in [0.1, 0.15) is 36.7 Å². The monoisotopic (exact) mass is 347 g/mol. The Morgan fingerprint density at radius 1 is 1.17 bits per heavy atom. The molecule has 2 N–H and O–H groups in total. The molecule has 23 heavy (non-hydrogen) atoms. The molecule has 2 rings (SSSR count). The highest BCUT2D eigenvalue weighted by molar-refractivity contribution is 7.80. The van der Waals surface area contributed by atoms with Crippen molar-refractivity contribution in [2.24, 2.45) is 0 Å². The van der Waals surface area contributed by atoms with E-state index in [2.05, 4.69) is 36.4 Å². The zero-order chi connectivity index (χ0) is 17.0. The molecular weight excluding hydrogens is 330 g/mol. The summed E-state index contributed by atoms with van der Waals surface area (Å²) in [5, 5.41) is 6.09. The highest BCUT2D eigenvalue weighted by atomic mass is 35.5. The van der Waals surface area contributed by atoms with E-state index < -0.39 is 0 Å². The van der Waals surface area contributed by atoms with Gasteiger partial charge in [-0.25, -0.2) is 4.98 Å². The van der Waals surface area contributed by atoms with Gasteiger partial charge in [-0.15, -0.1) is 0 Å². The van der Waals surface area contributed by atoms with Crippen LogP contribution >= 0.6 is 23.8 Å². The molecule has 0 spiro atoms. The van der Waals surface area contributed by atoms with E-state index in [1.54, 1.807) is 30.5 Å². The molecule has 4 nitrogen and oxygen atoms in total. The average Bonchev–Trinajstić information content (AvgIpc) is 2.46. The lowest BCUT2D eigenvalue weighted by Gasteiger charge is -2.19. The Kier molecular flexibility index (Phi) is 5.34. The van der Waals surface area contributed by atoms with Gasteiger partial charge < -0.3 is 5.32 Å². The fourth-order valence-corrected chi connectivity index (χ4v) is 2.32. The van der Waals surface area contributed by atoms with E-state index in [-0.39, 0.29) is 16.4 Å². The van der Waals surface area contributed by atoms with Gasteiger partial charge in [0.2, 0.25) is 0 Å². The van der Waals surface area contributed by atoms with Gasteiger partial charge in [-0.2, -0.15) is 0 Å². The van der Waals surface area contributed by atoms with Crippen LogP contribution in [-0.2, 0) is 5.41 Å². The second-order valence-electron chi connectivity index (χ2n) is 6.10. The van der Waals surface area contributed by atoms with E-state index in [1.165, 1.54) is 5.56 Å². The molecule has 0 aliphatic heterocycles.